The Labute approximate surface area is 106 Å². The van der Waals surface area contributed by atoms with Crippen LogP contribution in [-0.4, -0.2) is 11.7 Å². The standard InChI is InChI=1S/C12H17ClN2O2/c1-12(2,3)17-11(16)15-10-5-4-9(13)6-8(10)7-14/h4-6H,7,14H2,1-3H3,(H,15,16). The molecule has 1 amide bonds. The zero-order valence-corrected chi connectivity index (χ0v) is 11.0. The maximum atomic E-state index is 11.6. The second-order valence-corrected chi connectivity index (χ2v) is 5.07. The molecule has 0 saturated carbocycles. The zero-order valence-electron chi connectivity index (χ0n) is 10.2. The number of hydrogen-bond donors (Lipinski definition) is 2. The third-order valence-corrected chi connectivity index (χ3v) is 2.16. The van der Waals surface area contributed by atoms with Gasteiger partial charge in [0.15, 0.2) is 0 Å². The molecule has 3 N–H and O–H groups in total. The highest BCUT2D eigenvalue weighted by molar-refractivity contribution is 6.30. The fraction of sp³-hybridized carbons (Fsp3) is 0.417. The minimum Gasteiger partial charge on any atom is -0.444 e. The van der Waals surface area contributed by atoms with E-state index in [0.29, 0.717) is 17.3 Å². The number of benzene rings is 1. The molecule has 94 valence electrons. The highest BCUT2D eigenvalue weighted by Crippen LogP contribution is 2.21. The van der Waals surface area contributed by atoms with Crippen LogP contribution < -0.4 is 11.1 Å². The molecule has 0 bridgehead atoms. The summed E-state index contributed by atoms with van der Waals surface area (Å²) < 4.78 is 5.15. The summed E-state index contributed by atoms with van der Waals surface area (Å²) in [5.41, 5.74) is 6.43. The molecule has 1 aromatic carbocycles. The number of amides is 1. The Hall–Kier alpha value is -1.26. The van der Waals surface area contributed by atoms with Gasteiger partial charge in [-0.3, -0.25) is 5.32 Å². The highest BCUT2D eigenvalue weighted by Gasteiger charge is 2.16. The van der Waals surface area contributed by atoms with Crippen molar-refractivity contribution in [1.29, 1.82) is 0 Å². The van der Waals surface area contributed by atoms with Gasteiger partial charge in [-0.25, -0.2) is 4.79 Å². The first-order chi connectivity index (χ1) is 7.81. The van der Waals surface area contributed by atoms with Crippen molar-refractivity contribution in [3.05, 3.63) is 28.8 Å². The van der Waals surface area contributed by atoms with Gasteiger partial charge in [0, 0.05) is 17.3 Å². The summed E-state index contributed by atoms with van der Waals surface area (Å²) in [4.78, 5) is 11.6. The minimum atomic E-state index is -0.528. The number of carbonyl (C=O) groups is 1. The fourth-order valence-corrected chi connectivity index (χ4v) is 1.46. The van der Waals surface area contributed by atoms with Crippen LogP contribution in [0.25, 0.3) is 0 Å². The molecule has 0 atom stereocenters. The molecule has 0 heterocycles. The molecular formula is C12H17ClN2O2. The molecule has 1 rings (SSSR count). The molecular weight excluding hydrogens is 240 g/mol. The lowest BCUT2D eigenvalue weighted by Gasteiger charge is -2.20. The van der Waals surface area contributed by atoms with Crippen molar-refractivity contribution in [2.24, 2.45) is 5.73 Å². The van der Waals surface area contributed by atoms with E-state index < -0.39 is 11.7 Å². The van der Waals surface area contributed by atoms with Crippen LogP contribution in [0.1, 0.15) is 26.3 Å². The van der Waals surface area contributed by atoms with Crippen LogP contribution in [0.4, 0.5) is 10.5 Å². The van der Waals surface area contributed by atoms with Gasteiger partial charge in [-0.2, -0.15) is 0 Å². The minimum absolute atomic E-state index is 0.297. The molecule has 0 radical (unpaired) electrons. The van der Waals surface area contributed by atoms with E-state index in [1.165, 1.54) is 0 Å². The molecule has 0 aliphatic heterocycles. The van der Waals surface area contributed by atoms with Crippen LogP contribution >= 0.6 is 11.6 Å². The number of nitrogens with two attached hydrogens (primary N) is 1. The molecule has 1 aromatic rings. The second-order valence-electron chi connectivity index (χ2n) is 4.63. The van der Waals surface area contributed by atoms with Crippen molar-refractivity contribution >= 4 is 23.4 Å². The molecule has 4 nitrogen and oxygen atoms in total. The molecule has 0 aliphatic carbocycles. The predicted octanol–water partition coefficient (Wildman–Crippen LogP) is 3.15. The van der Waals surface area contributed by atoms with Crippen molar-refractivity contribution in [3.63, 3.8) is 0 Å². The van der Waals surface area contributed by atoms with Crippen molar-refractivity contribution in [2.45, 2.75) is 32.9 Å². The maximum absolute atomic E-state index is 11.6. The summed E-state index contributed by atoms with van der Waals surface area (Å²) in [6.07, 6.45) is -0.505. The van der Waals surface area contributed by atoms with Gasteiger partial charge >= 0.3 is 6.09 Å². The van der Waals surface area contributed by atoms with E-state index in [-0.39, 0.29) is 0 Å². The lowest BCUT2D eigenvalue weighted by molar-refractivity contribution is 0.0636. The van der Waals surface area contributed by atoms with Gasteiger partial charge in [-0.05, 0) is 44.5 Å². The third kappa shape index (κ3) is 4.63. The molecule has 0 fully saturated rings. The topological polar surface area (TPSA) is 64.3 Å². The first kappa shape index (κ1) is 13.8. The number of hydrogen-bond acceptors (Lipinski definition) is 3. The number of halogens is 1. The molecule has 0 aromatic heterocycles. The molecule has 0 saturated heterocycles. The molecule has 0 spiro atoms. The Morgan fingerprint density at radius 2 is 2.12 bits per heavy atom. The first-order valence-corrected chi connectivity index (χ1v) is 5.68. The van der Waals surface area contributed by atoms with Crippen molar-refractivity contribution in [3.8, 4) is 0 Å². The number of rotatable bonds is 2. The summed E-state index contributed by atoms with van der Waals surface area (Å²) in [6, 6.07) is 5.11. The van der Waals surface area contributed by atoms with Crippen LogP contribution in [0.5, 0.6) is 0 Å². The van der Waals surface area contributed by atoms with E-state index in [9.17, 15) is 4.79 Å². The Bertz CT molecular complexity index is 413. The lowest BCUT2D eigenvalue weighted by atomic mass is 10.2. The average molecular weight is 257 g/mol. The van der Waals surface area contributed by atoms with E-state index >= 15 is 0 Å². The van der Waals surface area contributed by atoms with Crippen LogP contribution in [0, 0.1) is 0 Å². The van der Waals surface area contributed by atoms with Gasteiger partial charge < -0.3 is 10.5 Å². The highest BCUT2D eigenvalue weighted by atomic mass is 35.5. The Morgan fingerprint density at radius 1 is 1.47 bits per heavy atom. The SMILES string of the molecule is CC(C)(C)OC(=O)Nc1ccc(Cl)cc1CN. The second kappa shape index (κ2) is 5.38. The molecule has 5 heteroatoms. The molecule has 0 aliphatic rings. The molecule has 0 unspecified atom stereocenters. The third-order valence-electron chi connectivity index (χ3n) is 1.92. The van der Waals surface area contributed by atoms with Crippen LogP contribution in [0.2, 0.25) is 5.02 Å². The Balaban J connectivity index is 2.78. The largest absolute Gasteiger partial charge is 0.444 e. The quantitative estimate of drug-likeness (QED) is 0.854. The maximum Gasteiger partial charge on any atom is 0.412 e. The van der Waals surface area contributed by atoms with E-state index in [4.69, 9.17) is 22.1 Å². The van der Waals surface area contributed by atoms with Gasteiger partial charge in [-0.1, -0.05) is 11.6 Å². The summed E-state index contributed by atoms with van der Waals surface area (Å²) in [5, 5.41) is 3.23. The van der Waals surface area contributed by atoms with E-state index in [0.717, 1.165) is 5.56 Å². The van der Waals surface area contributed by atoms with E-state index in [2.05, 4.69) is 5.32 Å². The number of ether oxygens (including phenoxy) is 1. The summed E-state index contributed by atoms with van der Waals surface area (Å²) in [5.74, 6) is 0. The normalized spacial score (nSPS) is 11.1. The van der Waals surface area contributed by atoms with Gasteiger partial charge in [0.05, 0.1) is 0 Å². The lowest BCUT2D eigenvalue weighted by Crippen LogP contribution is -2.27. The summed E-state index contributed by atoms with van der Waals surface area (Å²) in [7, 11) is 0. The van der Waals surface area contributed by atoms with Crippen molar-refractivity contribution in [1.82, 2.24) is 0 Å². The summed E-state index contributed by atoms with van der Waals surface area (Å²) >= 11 is 5.84. The van der Waals surface area contributed by atoms with Crippen LogP contribution in [-0.2, 0) is 11.3 Å². The summed E-state index contributed by atoms with van der Waals surface area (Å²) in [6.45, 7) is 5.71. The number of nitrogens with one attached hydrogen (secondary N) is 1. The first-order valence-electron chi connectivity index (χ1n) is 5.30. The smallest absolute Gasteiger partial charge is 0.412 e. The van der Waals surface area contributed by atoms with Crippen LogP contribution in [0.15, 0.2) is 18.2 Å². The zero-order chi connectivity index (χ0) is 13.1. The number of anilines is 1. The number of carbonyl (C=O) groups excluding carboxylic acids is 1. The van der Waals surface area contributed by atoms with Gasteiger partial charge in [0.25, 0.3) is 0 Å². The van der Waals surface area contributed by atoms with Gasteiger partial charge in [0.1, 0.15) is 5.60 Å². The van der Waals surface area contributed by atoms with E-state index in [1.807, 2.05) is 0 Å². The Kier molecular flexibility index (Phi) is 4.37. The van der Waals surface area contributed by atoms with E-state index in [1.54, 1.807) is 39.0 Å². The van der Waals surface area contributed by atoms with Crippen LogP contribution in [0.3, 0.4) is 0 Å². The average Bonchev–Trinajstić information content (AvgIpc) is 2.17. The van der Waals surface area contributed by atoms with Crippen molar-refractivity contribution in [2.75, 3.05) is 5.32 Å². The van der Waals surface area contributed by atoms with Gasteiger partial charge in [-0.15, -0.1) is 0 Å². The van der Waals surface area contributed by atoms with Crippen molar-refractivity contribution < 1.29 is 9.53 Å². The van der Waals surface area contributed by atoms with Gasteiger partial charge in [0.2, 0.25) is 0 Å². The fourth-order valence-electron chi connectivity index (χ4n) is 1.27. The Morgan fingerprint density at radius 3 is 2.65 bits per heavy atom. The monoisotopic (exact) mass is 256 g/mol. The predicted molar refractivity (Wildman–Crippen MR) is 69.2 cm³/mol. The molecule has 17 heavy (non-hydrogen) atoms.